The van der Waals surface area contributed by atoms with Crippen molar-refractivity contribution in [2.75, 3.05) is 0 Å². The topological polar surface area (TPSA) is 0 Å². The maximum atomic E-state index is 2.66. The Balaban J connectivity index is 1.20. The van der Waals surface area contributed by atoms with E-state index in [4.69, 9.17) is 0 Å². The smallest absolute Gasteiger partial charge is 0.0346 e. The molecule has 0 saturated carbocycles. The van der Waals surface area contributed by atoms with E-state index in [1.54, 1.807) is 22.3 Å². The van der Waals surface area contributed by atoms with Gasteiger partial charge in [-0.05, 0) is 66.8 Å². The van der Waals surface area contributed by atoms with Gasteiger partial charge in [0.25, 0.3) is 0 Å². The number of allylic oxidation sites excluding steroid dienone is 8. The van der Waals surface area contributed by atoms with Crippen LogP contribution in [-0.4, -0.2) is 0 Å². The summed E-state index contributed by atoms with van der Waals surface area (Å²) in [6.07, 6.45) is 10.6. The lowest BCUT2D eigenvalue weighted by atomic mass is 9.54. The molecule has 0 heteroatoms. The Kier molecular flexibility index (Phi) is 3.57. The fourth-order valence-corrected chi connectivity index (χ4v) is 8.96. The lowest BCUT2D eigenvalue weighted by Gasteiger charge is -2.49. The molecule has 8 aliphatic rings. The molecule has 0 N–H and O–H groups in total. The summed E-state index contributed by atoms with van der Waals surface area (Å²) in [6.45, 7) is 0. The summed E-state index contributed by atoms with van der Waals surface area (Å²) in [4.78, 5) is 0. The molecule has 0 aromatic heterocycles. The van der Waals surface area contributed by atoms with Crippen LogP contribution < -0.4 is 0 Å². The van der Waals surface area contributed by atoms with Crippen LogP contribution in [0.25, 0.3) is 0 Å². The van der Waals surface area contributed by atoms with Crippen molar-refractivity contribution in [3.05, 3.63) is 188 Å². The minimum atomic E-state index is 0.354. The lowest BCUT2D eigenvalue weighted by molar-refractivity contribution is 0.580. The summed E-state index contributed by atoms with van der Waals surface area (Å²) in [5, 5.41) is 0. The number of rotatable bonds is 0. The number of hydrogen-bond acceptors (Lipinski definition) is 0. The van der Waals surface area contributed by atoms with E-state index in [1.165, 1.54) is 44.5 Å². The molecular formula is C38H26. The van der Waals surface area contributed by atoms with Crippen LogP contribution in [0, 0.1) is 11.8 Å². The molecule has 38 heavy (non-hydrogen) atoms. The zero-order chi connectivity index (χ0) is 24.5. The second-order valence-corrected chi connectivity index (χ2v) is 11.9. The van der Waals surface area contributed by atoms with E-state index >= 15 is 0 Å². The van der Waals surface area contributed by atoms with Crippen LogP contribution in [-0.2, 0) is 0 Å². The molecule has 0 unspecified atom stereocenters. The van der Waals surface area contributed by atoms with Gasteiger partial charge in [-0.1, -0.05) is 121 Å². The molecule has 178 valence electrons. The molecule has 0 nitrogen and oxygen atoms in total. The average molecular weight is 483 g/mol. The Hall–Kier alpha value is -4.16. The van der Waals surface area contributed by atoms with Crippen LogP contribution in [0.5, 0.6) is 0 Å². The summed E-state index contributed by atoms with van der Waals surface area (Å²) in [5.41, 5.74) is 18.3. The molecule has 4 aromatic carbocycles. The van der Waals surface area contributed by atoms with Gasteiger partial charge in [0, 0.05) is 35.5 Å². The Morgan fingerprint density at radius 3 is 0.632 bits per heavy atom. The van der Waals surface area contributed by atoms with Crippen LogP contribution in [0.4, 0.5) is 0 Å². The first-order valence-corrected chi connectivity index (χ1v) is 14.1. The van der Waals surface area contributed by atoms with Gasteiger partial charge in [-0.2, -0.15) is 0 Å². The summed E-state index contributed by atoms with van der Waals surface area (Å²) >= 11 is 0. The Bertz CT molecular complexity index is 1490. The maximum absolute atomic E-state index is 2.66. The van der Waals surface area contributed by atoms with Crippen molar-refractivity contribution in [3.63, 3.8) is 0 Å². The van der Waals surface area contributed by atoms with Gasteiger partial charge in [-0.25, -0.2) is 0 Å². The van der Waals surface area contributed by atoms with Gasteiger partial charge in [-0.15, -0.1) is 0 Å². The van der Waals surface area contributed by atoms with E-state index in [0.29, 0.717) is 35.5 Å². The Labute approximate surface area is 223 Å². The van der Waals surface area contributed by atoms with Crippen molar-refractivity contribution in [2.45, 2.75) is 23.7 Å². The van der Waals surface area contributed by atoms with Crippen LogP contribution >= 0.6 is 0 Å². The zero-order valence-corrected chi connectivity index (χ0v) is 21.0. The summed E-state index contributed by atoms with van der Waals surface area (Å²) < 4.78 is 0. The largest absolute Gasteiger partial charge is 0.0722 e. The van der Waals surface area contributed by atoms with Gasteiger partial charge in [0.2, 0.25) is 0 Å². The first-order chi connectivity index (χ1) is 18.9. The van der Waals surface area contributed by atoms with E-state index in [0.717, 1.165) is 0 Å². The summed E-state index contributed by atoms with van der Waals surface area (Å²) in [7, 11) is 0. The molecule has 0 aliphatic heterocycles. The molecular weight excluding hydrogens is 456 g/mol. The van der Waals surface area contributed by atoms with Gasteiger partial charge < -0.3 is 0 Å². The molecule has 0 fully saturated rings. The van der Waals surface area contributed by atoms with E-state index in [1.807, 2.05) is 0 Å². The quantitative estimate of drug-likeness (QED) is 0.236. The van der Waals surface area contributed by atoms with Crippen molar-refractivity contribution < 1.29 is 0 Å². The number of benzene rings is 4. The van der Waals surface area contributed by atoms with Crippen LogP contribution in [0.3, 0.4) is 0 Å². The van der Waals surface area contributed by atoms with Gasteiger partial charge in [-0.3, -0.25) is 0 Å². The van der Waals surface area contributed by atoms with Gasteiger partial charge >= 0.3 is 0 Å². The maximum Gasteiger partial charge on any atom is 0.0346 e. The molecule has 4 bridgehead atoms. The van der Waals surface area contributed by atoms with E-state index in [2.05, 4.69) is 121 Å². The minimum absolute atomic E-state index is 0.354. The van der Waals surface area contributed by atoms with Crippen LogP contribution in [0.1, 0.15) is 68.2 Å². The van der Waals surface area contributed by atoms with E-state index in [9.17, 15) is 0 Å². The monoisotopic (exact) mass is 482 g/mol. The lowest BCUT2D eigenvalue weighted by Crippen LogP contribution is -2.35. The van der Waals surface area contributed by atoms with E-state index < -0.39 is 0 Å². The van der Waals surface area contributed by atoms with Gasteiger partial charge in [0.05, 0.1) is 0 Å². The Morgan fingerprint density at radius 1 is 0.263 bits per heavy atom. The highest BCUT2D eigenvalue weighted by atomic mass is 14.5. The first kappa shape index (κ1) is 19.9. The van der Waals surface area contributed by atoms with Gasteiger partial charge in [0.15, 0.2) is 0 Å². The highest BCUT2D eigenvalue weighted by Gasteiger charge is 2.48. The zero-order valence-electron chi connectivity index (χ0n) is 21.0. The summed E-state index contributed by atoms with van der Waals surface area (Å²) in [6, 6.07) is 36.8. The Morgan fingerprint density at radius 2 is 0.447 bits per heavy atom. The third kappa shape index (κ3) is 2.26. The standard InChI is InChI=1S/C38H26/c1-2-10-24-23(9-1)35-25-11-3-4-12-26(25)36(24)32-18-22-20-34-33(19-21(22)17-31(32)35)37-27-13-5-7-15-29(27)38(34)30-16-8-6-14-28(30)37/h1-22,35-38H. The normalized spacial score (nSPS) is 29.7. The molecule has 0 amide bonds. The van der Waals surface area contributed by atoms with E-state index in [-0.39, 0.29) is 0 Å². The predicted molar refractivity (Wildman–Crippen MR) is 152 cm³/mol. The van der Waals surface area contributed by atoms with Crippen molar-refractivity contribution in [1.29, 1.82) is 0 Å². The molecule has 0 heterocycles. The predicted octanol–water partition coefficient (Wildman–Crippen LogP) is 8.53. The second kappa shape index (κ2) is 6.83. The molecule has 0 atom stereocenters. The fraction of sp³-hybridized carbons (Fsp3) is 0.158. The number of hydrogen-bond donors (Lipinski definition) is 0. The SMILES string of the molecule is C1=C2C(=CC3C=C4C(=CC13)C1c3ccccc3C4c3ccccc31)C1c3ccccc3C2c2ccccc21. The highest BCUT2D eigenvalue weighted by molar-refractivity contribution is 5.74. The molecule has 0 radical (unpaired) electrons. The van der Waals surface area contributed by atoms with Crippen LogP contribution in [0.2, 0.25) is 0 Å². The third-order valence-corrected chi connectivity index (χ3v) is 10.3. The van der Waals surface area contributed by atoms with Crippen molar-refractivity contribution >= 4 is 0 Å². The number of fused-ring (bicyclic) bond motifs is 1. The van der Waals surface area contributed by atoms with Crippen molar-refractivity contribution in [1.82, 2.24) is 0 Å². The second-order valence-electron chi connectivity index (χ2n) is 11.9. The summed E-state index contributed by atoms with van der Waals surface area (Å²) in [5.74, 6) is 2.26. The van der Waals surface area contributed by atoms with Crippen molar-refractivity contribution in [2.24, 2.45) is 11.8 Å². The molecule has 4 aromatic rings. The molecule has 0 spiro atoms. The molecule has 0 saturated heterocycles. The minimum Gasteiger partial charge on any atom is -0.0722 e. The highest BCUT2D eigenvalue weighted by Crippen LogP contribution is 2.63. The fourth-order valence-electron chi connectivity index (χ4n) is 8.96. The van der Waals surface area contributed by atoms with Crippen LogP contribution in [0.15, 0.2) is 144 Å². The first-order valence-electron chi connectivity index (χ1n) is 14.1. The van der Waals surface area contributed by atoms with Crippen molar-refractivity contribution in [3.8, 4) is 0 Å². The van der Waals surface area contributed by atoms with Gasteiger partial charge in [0.1, 0.15) is 0 Å². The average Bonchev–Trinajstić information content (AvgIpc) is 2.98. The third-order valence-electron chi connectivity index (χ3n) is 10.3. The molecule has 12 rings (SSSR count). The molecule has 8 aliphatic carbocycles.